The minimum atomic E-state index is -0.454. The van der Waals surface area contributed by atoms with E-state index >= 15 is 0 Å². The molecule has 3 saturated heterocycles. The highest BCUT2D eigenvalue weighted by molar-refractivity contribution is 5.79. The molecule has 3 aromatic rings. The fourth-order valence-electron chi connectivity index (χ4n) is 3.84. The molecule has 2 aromatic heterocycles. The largest absolute Gasteiger partial charge is 0.458 e. The smallest absolute Gasteiger partial charge is 0.417 e. The van der Waals surface area contributed by atoms with Gasteiger partial charge in [0, 0.05) is 24.5 Å². The molecule has 7 heteroatoms. The van der Waals surface area contributed by atoms with Gasteiger partial charge in [0.2, 0.25) is 0 Å². The molecule has 25 heavy (non-hydrogen) atoms. The molecule has 3 aliphatic rings. The summed E-state index contributed by atoms with van der Waals surface area (Å²) in [7, 11) is 0. The van der Waals surface area contributed by atoms with E-state index in [-0.39, 0.29) is 6.10 Å². The summed E-state index contributed by atoms with van der Waals surface area (Å²) in [6.07, 6.45) is 6.10. The normalized spacial score (nSPS) is 25.4. The lowest BCUT2D eigenvalue weighted by molar-refractivity contribution is -0.0123. The van der Waals surface area contributed by atoms with Gasteiger partial charge in [-0.1, -0.05) is 6.07 Å². The summed E-state index contributed by atoms with van der Waals surface area (Å²) < 4.78 is 11.0. The van der Waals surface area contributed by atoms with Gasteiger partial charge in [0.25, 0.3) is 0 Å². The summed E-state index contributed by atoms with van der Waals surface area (Å²) in [4.78, 5) is 25.1. The van der Waals surface area contributed by atoms with Crippen molar-refractivity contribution in [1.82, 2.24) is 19.9 Å². The van der Waals surface area contributed by atoms with Crippen molar-refractivity contribution >= 4 is 11.1 Å². The van der Waals surface area contributed by atoms with Crippen molar-refractivity contribution in [2.75, 3.05) is 19.6 Å². The highest BCUT2D eigenvalue weighted by Crippen LogP contribution is 2.30. The van der Waals surface area contributed by atoms with Crippen LogP contribution in [0.15, 0.2) is 39.8 Å². The van der Waals surface area contributed by atoms with Crippen molar-refractivity contribution in [2.24, 2.45) is 5.92 Å². The zero-order valence-corrected chi connectivity index (χ0v) is 13.6. The molecule has 7 nitrogen and oxygen atoms in total. The molecular formula is C18H18N4O3. The Hall–Kier alpha value is -2.67. The fraction of sp³-hybridized carbons (Fsp3) is 0.389. The predicted octanol–water partition coefficient (Wildman–Crippen LogP) is 2.05. The van der Waals surface area contributed by atoms with Gasteiger partial charge in [-0.3, -0.25) is 9.88 Å². The number of aromatic nitrogens is 3. The summed E-state index contributed by atoms with van der Waals surface area (Å²) in [6, 6.07) is 5.93. The molecule has 3 aliphatic heterocycles. The Balaban J connectivity index is 1.36. The molecule has 2 bridgehead atoms. The van der Waals surface area contributed by atoms with Crippen LogP contribution in [-0.2, 0) is 0 Å². The monoisotopic (exact) mass is 338 g/mol. The quantitative estimate of drug-likeness (QED) is 0.787. The molecule has 0 aliphatic carbocycles. The molecule has 1 N–H and O–H groups in total. The Kier molecular flexibility index (Phi) is 3.34. The van der Waals surface area contributed by atoms with E-state index in [0.717, 1.165) is 17.7 Å². The minimum absolute atomic E-state index is 0.195. The Morgan fingerprint density at radius 1 is 1.16 bits per heavy atom. The molecule has 5 heterocycles. The van der Waals surface area contributed by atoms with Gasteiger partial charge >= 0.3 is 11.8 Å². The average Bonchev–Trinajstić information content (AvgIpc) is 3.02. The van der Waals surface area contributed by atoms with E-state index in [2.05, 4.69) is 19.9 Å². The number of piperidine rings is 3. The predicted molar refractivity (Wildman–Crippen MR) is 91.4 cm³/mol. The molecule has 0 saturated carbocycles. The number of hydrogen-bond donors (Lipinski definition) is 1. The zero-order chi connectivity index (χ0) is 16.8. The van der Waals surface area contributed by atoms with Crippen LogP contribution < -0.4 is 10.5 Å². The van der Waals surface area contributed by atoms with Gasteiger partial charge in [-0.2, -0.15) is 0 Å². The number of rotatable bonds is 3. The minimum Gasteiger partial charge on any atom is -0.458 e. The van der Waals surface area contributed by atoms with Gasteiger partial charge in [0.15, 0.2) is 5.58 Å². The van der Waals surface area contributed by atoms with Crippen molar-refractivity contribution in [3.05, 3.63) is 41.1 Å². The highest BCUT2D eigenvalue weighted by atomic mass is 16.5. The van der Waals surface area contributed by atoms with Crippen LogP contribution in [0, 0.1) is 5.92 Å². The number of oxazole rings is 1. The van der Waals surface area contributed by atoms with Crippen LogP contribution in [0.2, 0.25) is 0 Å². The third-order valence-corrected chi connectivity index (χ3v) is 5.23. The van der Waals surface area contributed by atoms with Crippen LogP contribution in [-0.4, -0.2) is 45.6 Å². The van der Waals surface area contributed by atoms with Crippen molar-refractivity contribution in [3.63, 3.8) is 0 Å². The van der Waals surface area contributed by atoms with E-state index in [1.165, 1.54) is 25.9 Å². The number of fused-ring (bicyclic) bond motifs is 4. The van der Waals surface area contributed by atoms with Crippen LogP contribution in [0.3, 0.4) is 0 Å². The van der Waals surface area contributed by atoms with Gasteiger partial charge in [0.05, 0.1) is 5.52 Å². The molecule has 6 rings (SSSR count). The van der Waals surface area contributed by atoms with E-state index in [9.17, 15) is 4.79 Å². The van der Waals surface area contributed by atoms with Gasteiger partial charge in [0.1, 0.15) is 6.10 Å². The standard InChI is InChI=1S/C18H18N4O3/c23-18-21-14-7-12(1-2-15(14)25-18)13-8-19-17(20-9-13)24-16-10-22-5-3-11(16)4-6-22/h1-2,7-9,11,16H,3-6,10H2,(H,21,23)/t16-/m0/s1. The van der Waals surface area contributed by atoms with Gasteiger partial charge in [-0.15, -0.1) is 0 Å². The molecule has 0 unspecified atom stereocenters. The Labute approximate surface area is 143 Å². The lowest BCUT2D eigenvalue weighted by Crippen LogP contribution is -2.52. The highest BCUT2D eigenvalue weighted by Gasteiger charge is 2.35. The molecule has 0 spiro atoms. The average molecular weight is 338 g/mol. The van der Waals surface area contributed by atoms with Crippen molar-refractivity contribution in [1.29, 1.82) is 0 Å². The van der Waals surface area contributed by atoms with Crippen molar-refractivity contribution in [3.8, 4) is 17.1 Å². The first-order valence-corrected chi connectivity index (χ1v) is 8.59. The Morgan fingerprint density at radius 2 is 1.96 bits per heavy atom. The lowest BCUT2D eigenvalue weighted by atomic mass is 9.86. The third-order valence-electron chi connectivity index (χ3n) is 5.23. The van der Waals surface area contributed by atoms with Crippen LogP contribution in [0.1, 0.15) is 12.8 Å². The second-order valence-corrected chi connectivity index (χ2v) is 6.77. The number of hydrogen-bond acceptors (Lipinski definition) is 6. The second kappa shape index (κ2) is 5.70. The summed E-state index contributed by atoms with van der Waals surface area (Å²) >= 11 is 0. The topological polar surface area (TPSA) is 84.3 Å². The second-order valence-electron chi connectivity index (χ2n) is 6.77. The maximum Gasteiger partial charge on any atom is 0.417 e. The molecule has 0 radical (unpaired) electrons. The SMILES string of the molecule is O=c1[nH]c2cc(-c3cnc(O[C@H]4CN5CCC4CC5)nc3)ccc2o1. The molecule has 1 atom stereocenters. The van der Waals surface area contributed by atoms with Crippen molar-refractivity contribution < 1.29 is 9.15 Å². The van der Waals surface area contributed by atoms with Crippen LogP contribution in [0.25, 0.3) is 22.2 Å². The number of ether oxygens (including phenoxy) is 1. The number of nitrogens with zero attached hydrogens (tertiary/aromatic N) is 3. The number of H-pyrrole nitrogens is 1. The van der Waals surface area contributed by atoms with Crippen LogP contribution in [0.4, 0.5) is 0 Å². The molecular weight excluding hydrogens is 320 g/mol. The maximum absolute atomic E-state index is 11.3. The van der Waals surface area contributed by atoms with E-state index in [1.54, 1.807) is 18.5 Å². The first-order valence-electron chi connectivity index (χ1n) is 8.59. The number of aromatic amines is 1. The van der Waals surface area contributed by atoms with Crippen molar-refractivity contribution in [2.45, 2.75) is 18.9 Å². The molecule has 128 valence electrons. The fourth-order valence-corrected chi connectivity index (χ4v) is 3.84. The number of benzene rings is 1. The molecule has 1 aromatic carbocycles. The lowest BCUT2D eigenvalue weighted by Gasteiger charge is -2.43. The zero-order valence-electron chi connectivity index (χ0n) is 13.6. The summed E-state index contributed by atoms with van der Waals surface area (Å²) in [5.41, 5.74) is 2.98. The Bertz CT molecular complexity index is 954. The summed E-state index contributed by atoms with van der Waals surface area (Å²) in [5.74, 6) is 0.165. The van der Waals surface area contributed by atoms with Gasteiger partial charge in [-0.05, 0) is 49.5 Å². The van der Waals surface area contributed by atoms with E-state index in [1.807, 2.05) is 12.1 Å². The first-order chi connectivity index (χ1) is 12.2. The third kappa shape index (κ3) is 2.70. The van der Waals surface area contributed by atoms with Gasteiger partial charge < -0.3 is 9.15 Å². The molecule has 3 fully saturated rings. The van der Waals surface area contributed by atoms with Crippen LogP contribution >= 0.6 is 0 Å². The van der Waals surface area contributed by atoms with E-state index < -0.39 is 5.76 Å². The van der Waals surface area contributed by atoms with Crippen LogP contribution in [0.5, 0.6) is 6.01 Å². The van der Waals surface area contributed by atoms with E-state index in [4.69, 9.17) is 9.15 Å². The maximum atomic E-state index is 11.3. The van der Waals surface area contributed by atoms with E-state index in [0.29, 0.717) is 23.0 Å². The summed E-state index contributed by atoms with van der Waals surface area (Å²) in [5, 5.41) is 0. The number of nitrogens with one attached hydrogen (secondary N) is 1. The first kappa shape index (κ1) is 14.7. The molecule has 0 amide bonds. The Morgan fingerprint density at radius 3 is 2.68 bits per heavy atom. The summed E-state index contributed by atoms with van der Waals surface area (Å²) in [6.45, 7) is 3.34. The van der Waals surface area contributed by atoms with Gasteiger partial charge in [-0.25, -0.2) is 14.8 Å².